The molecule has 1 atom stereocenters. The fourth-order valence-corrected chi connectivity index (χ4v) is 3.57. The van der Waals surface area contributed by atoms with Crippen molar-refractivity contribution in [2.24, 2.45) is 0 Å². The van der Waals surface area contributed by atoms with Gasteiger partial charge in [0.2, 0.25) is 11.8 Å². The zero-order valence-corrected chi connectivity index (χ0v) is 18.0. The van der Waals surface area contributed by atoms with Crippen LogP contribution in [0.3, 0.4) is 0 Å². The van der Waals surface area contributed by atoms with Gasteiger partial charge in [0, 0.05) is 19.5 Å². The zero-order chi connectivity index (χ0) is 20.6. The van der Waals surface area contributed by atoms with E-state index in [1.807, 2.05) is 6.92 Å². The molecule has 1 saturated heterocycles. The van der Waals surface area contributed by atoms with Gasteiger partial charge in [0.15, 0.2) is 0 Å². The van der Waals surface area contributed by atoms with Gasteiger partial charge in [0.1, 0.15) is 6.04 Å². The number of ether oxygens (including phenoxy) is 1. The highest BCUT2D eigenvalue weighted by Gasteiger charge is 2.34. The van der Waals surface area contributed by atoms with Gasteiger partial charge < -0.3 is 15.0 Å². The molecule has 0 saturated carbocycles. The number of esters is 1. The van der Waals surface area contributed by atoms with Crippen LogP contribution in [0.2, 0.25) is 0 Å². The number of carbonyl (C=O) groups is 3. The molecule has 0 aromatic rings. The monoisotopic (exact) mass is 396 g/mol. The van der Waals surface area contributed by atoms with E-state index in [2.05, 4.69) is 12.2 Å². The van der Waals surface area contributed by atoms with Crippen LogP contribution < -0.4 is 5.32 Å². The summed E-state index contributed by atoms with van der Waals surface area (Å²) in [4.78, 5) is 37.9. The Morgan fingerprint density at radius 2 is 1.57 bits per heavy atom. The van der Waals surface area contributed by atoms with Gasteiger partial charge in [-0.15, -0.1) is 0 Å². The van der Waals surface area contributed by atoms with Crippen molar-refractivity contribution in [3.63, 3.8) is 0 Å². The van der Waals surface area contributed by atoms with E-state index in [0.717, 1.165) is 19.3 Å². The van der Waals surface area contributed by atoms with Gasteiger partial charge in [-0.25, -0.2) is 0 Å². The van der Waals surface area contributed by atoms with Crippen LogP contribution >= 0.6 is 0 Å². The number of nitrogens with zero attached hydrogens (tertiary/aromatic N) is 1. The standard InChI is InChI=1S/C22H40N2O4/c1-3-5-6-7-8-9-10-11-12-13-17-28-21(26)18-19-22(27)23-15-16-24(19)20(25)14-4-2/h19H,3-18H2,1-2H3,(H,23,27). The minimum atomic E-state index is -0.729. The molecule has 0 aromatic carbocycles. The molecular formula is C22H40N2O4. The highest BCUT2D eigenvalue weighted by molar-refractivity contribution is 5.91. The zero-order valence-electron chi connectivity index (χ0n) is 18.0. The largest absolute Gasteiger partial charge is 0.466 e. The van der Waals surface area contributed by atoms with Crippen LogP contribution in [0.25, 0.3) is 0 Å². The molecule has 6 nitrogen and oxygen atoms in total. The first kappa shape index (κ1) is 24.4. The number of carbonyl (C=O) groups excluding carboxylic acids is 3. The van der Waals surface area contributed by atoms with E-state index in [9.17, 15) is 14.4 Å². The summed E-state index contributed by atoms with van der Waals surface area (Å²) in [5.74, 6) is -0.719. The van der Waals surface area contributed by atoms with Crippen molar-refractivity contribution in [2.45, 2.75) is 103 Å². The van der Waals surface area contributed by atoms with E-state index in [-0.39, 0.29) is 18.2 Å². The van der Waals surface area contributed by atoms with Crippen molar-refractivity contribution >= 4 is 17.8 Å². The van der Waals surface area contributed by atoms with Crippen LogP contribution in [-0.2, 0) is 19.1 Å². The Bertz CT molecular complexity index is 467. The Kier molecular flexibility index (Phi) is 13.4. The maximum absolute atomic E-state index is 12.2. The molecule has 2 amide bonds. The molecule has 0 aliphatic carbocycles. The Balaban J connectivity index is 2.14. The second-order valence-electron chi connectivity index (χ2n) is 7.75. The molecule has 0 aromatic heterocycles. The van der Waals surface area contributed by atoms with E-state index in [4.69, 9.17) is 4.74 Å². The molecule has 0 spiro atoms. The van der Waals surface area contributed by atoms with E-state index in [0.29, 0.717) is 26.1 Å². The molecule has 1 aliphatic heterocycles. The molecule has 1 fully saturated rings. The molecule has 1 aliphatic rings. The summed E-state index contributed by atoms with van der Waals surface area (Å²) in [7, 11) is 0. The third kappa shape index (κ3) is 10.1. The van der Waals surface area contributed by atoms with Crippen LogP contribution in [0.15, 0.2) is 0 Å². The number of rotatable bonds is 15. The molecule has 28 heavy (non-hydrogen) atoms. The number of hydrogen-bond acceptors (Lipinski definition) is 4. The predicted octanol–water partition coefficient (Wildman–Crippen LogP) is 3.97. The Hall–Kier alpha value is -1.59. The predicted molar refractivity (Wildman–Crippen MR) is 111 cm³/mol. The smallest absolute Gasteiger partial charge is 0.308 e. The number of nitrogens with one attached hydrogen (secondary N) is 1. The normalized spacial score (nSPS) is 16.7. The highest BCUT2D eigenvalue weighted by Crippen LogP contribution is 2.13. The lowest BCUT2D eigenvalue weighted by molar-refractivity contribution is -0.152. The summed E-state index contributed by atoms with van der Waals surface area (Å²) in [5, 5.41) is 2.74. The van der Waals surface area contributed by atoms with Crippen molar-refractivity contribution in [1.29, 1.82) is 0 Å². The van der Waals surface area contributed by atoms with E-state index >= 15 is 0 Å². The number of unbranched alkanes of at least 4 members (excludes halogenated alkanes) is 9. The quantitative estimate of drug-likeness (QED) is 0.336. The average Bonchev–Trinajstić information content (AvgIpc) is 2.68. The molecule has 0 bridgehead atoms. The summed E-state index contributed by atoms with van der Waals surface area (Å²) >= 11 is 0. The minimum Gasteiger partial charge on any atom is -0.466 e. The van der Waals surface area contributed by atoms with Crippen LogP contribution in [0.1, 0.15) is 97.3 Å². The van der Waals surface area contributed by atoms with Gasteiger partial charge in [-0.2, -0.15) is 0 Å². The summed E-state index contributed by atoms with van der Waals surface area (Å²) in [6.45, 7) is 5.46. The molecule has 0 radical (unpaired) electrons. The Morgan fingerprint density at radius 1 is 0.964 bits per heavy atom. The van der Waals surface area contributed by atoms with Crippen LogP contribution in [0.5, 0.6) is 0 Å². The summed E-state index contributed by atoms with van der Waals surface area (Å²) < 4.78 is 5.30. The number of piperazine rings is 1. The lowest BCUT2D eigenvalue weighted by Gasteiger charge is -2.34. The summed E-state index contributed by atoms with van der Waals surface area (Å²) in [6.07, 6.45) is 13.4. The molecule has 1 unspecified atom stereocenters. The van der Waals surface area contributed by atoms with Gasteiger partial charge in [-0.05, 0) is 12.8 Å². The van der Waals surface area contributed by atoms with Crippen molar-refractivity contribution < 1.29 is 19.1 Å². The van der Waals surface area contributed by atoms with E-state index < -0.39 is 12.0 Å². The van der Waals surface area contributed by atoms with Crippen LogP contribution in [-0.4, -0.2) is 48.4 Å². The maximum Gasteiger partial charge on any atom is 0.308 e. The topological polar surface area (TPSA) is 75.7 Å². The second kappa shape index (κ2) is 15.3. The lowest BCUT2D eigenvalue weighted by Crippen LogP contribution is -2.57. The maximum atomic E-state index is 12.2. The first-order valence-corrected chi connectivity index (χ1v) is 11.3. The van der Waals surface area contributed by atoms with Gasteiger partial charge in [-0.1, -0.05) is 71.6 Å². The molecule has 1 heterocycles. The number of hydrogen-bond donors (Lipinski definition) is 1. The number of amides is 2. The third-order valence-corrected chi connectivity index (χ3v) is 5.24. The molecule has 1 rings (SSSR count). The Labute approximate surface area is 170 Å². The average molecular weight is 397 g/mol. The first-order valence-electron chi connectivity index (χ1n) is 11.3. The van der Waals surface area contributed by atoms with Crippen molar-refractivity contribution in [3.05, 3.63) is 0 Å². The lowest BCUT2D eigenvalue weighted by atomic mass is 10.1. The van der Waals surface area contributed by atoms with Crippen molar-refractivity contribution in [3.8, 4) is 0 Å². The second-order valence-corrected chi connectivity index (χ2v) is 7.75. The Morgan fingerprint density at radius 3 is 2.18 bits per heavy atom. The molecule has 1 N–H and O–H groups in total. The molecular weight excluding hydrogens is 356 g/mol. The highest BCUT2D eigenvalue weighted by atomic mass is 16.5. The van der Waals surface area contributed by atoms with E-state index in [1.54, 1.807) is 0 Å². The van der Waals surface area contributed by atoms with Gasteiger partial charge in [-0.3, -0.25) is 14.4 Å². The van der Waals surface area contributed by atoms with Crippen LogP contribution in [0, 0.1) is 0 Å². The first-order chi connectivity index (χ1) is 13.6. The fourth-order valence-electron chi connectivity index (χ4n) is 3.57. The summed E-state index contributed by atoms with van der Waals surface area (Å²) in [5.41, 5.74) is 0. The SMILES string of the molecule is CCCCCCCCCCCCOC(=O)CC1C(=O)NCCN1C(=O)CCC. The third-order valence-electron chi connectivity index (χ3n) is 5.24. The molecule has 162 valence electrons. The minimum absolute atomic E-state index is 0.0565. The van der Waals surface area contributed by atoms with Gasteiger partial charge >= 0.3 is 5.97 Å². The summed E-state index contributed by atoms with van der Waals surface area (Å²) in [6, 6.07) is -0.729. The van der Waals surface area contributed by atoms with E-state index in [1.165, 1.54) is 56.3 Å². The van der Waals surface area contributed by atoms with Gasteiger partial charge in [0.25, 0.3) is 0 Å². The molecule has 6 heteroatoms. The van der Waals surface area contributed by atoms with Crippen molar-refractivity contribution in [1.82, 2.24) is 10.2 Å². The van der Waals surface area contributed by atoms with Crippen molar-refractivity contribution in [2.75, 3.05) is 19.7 Å². The fraction of sp³-hybridized carbons (Fsp3) is 0.864. The van der Waals surface area contributed by atoms with Gasteiger partial charge in [0.05, 0.1) is 13.0 Å². The van der Waals surface area contributed by atoms with Crippen LogP contribution in [0.4, 0.5) is 0 Å².